The van der Waals surface area contributed by atoms with E-state index in [9.17, 15) is 9.59 Å². The Morgan fingerprint density at radius 2 is 1.53 bits per heavy atom. The summed E-state index contributed by atoms with van der Waals surface area (Å²) in [5.41, 5.74) is 9.39. The lowest BCUT2D eigenvalue weighted by atomic mass is 9.91. The number of nitrogens with two attached hydrogens (primary N) is 1. The van der Waals surface area contributed by atoms with Gasteiger partial charge in [-0.2, -0.15) is 0 Å². The average Bonchev–Trinajstić information content (AvgIpc) is 3.26. The molecule has 1 heterocycles. The summed E-state index contributed by atoms with van der Waals surface area (Å²) in [4.78, 5) is 26.8. The molecule has 0 saturated carbocycles. The zero-order valence-corrected chi connectivity index (χ0v) is 22.1. The van der Waals surface area contributed by atoms with Crippen LogP contribution in [0, 0.1) is 6.92 Å². The summed E-state index contributed by atoms with van der Waals surface area (Å²) in [6.45, 7) is 3.71. The quantitative estimate of drug-likeness (QED) is 0.228. The Hall–Kier alpha value is -4.66. The van der Waals surface area contributed by atoms with Crippen LogP contribution in [0.15, 0.2) is 46.9 Å². The summed E-state index contributed by atoms with van der Waals surface area (Å²) in [5, 5.41) is 0.430. The van der Waals surface area contributed by atoms with Crippen molar-refractivity contribution in [3.8, 4) is 34.1 Å². The first-order valence-corrected chi connectivity index (χ1v) is 11.8. The van der Waals surface area contributed by atoms with Crippen molar-refractivity contribution in [1.82, 2.24) is 0 Å². The van der Waals surface area contributed by atoms with Gasteiger partial charge < -0.3 is 33.8 Å². The lowest BCUT2D eigenvalue weighted by molar-refractivity contribution is 0.0526. The molecule has 0 bridgehead atoms. The third-order valence-corrected chi connectivity index (χ3v) is 6.21. The van der Waals surface area contributed by atoms with Crippen molar-refractivity contribution in [2.24, 2.45) is 0 Å². The van der Waals surface area contributed by atoms with Gasteiger partial charge in [-0.15, -0.1) is 0 Å². The summed E-state index contributed by atoms with van der Waals surface area (Å²) in [7, 11) is 5.96. The summed E-state index contributed by atoms with van der Waals surface area (Å²) in [6.07, 6.45) is 0. The minimum Gasteiger partial charge on any atom is -0.497 e. The van der Waals surface area contributed by atoms with Crippen molar-refractivity contribution in [2.45, 2.75) is 13.8 Å². The minimum atomic E-state index is -0.504. The number of aryl methyl sites for hydroxylation is 1. The molecule has 1 aromatic heterocycles. The highest BCUT2D eigenvalue weighted by Gasteiger charge is 2.29. The van der Waals surface area contributed by atoms with Gasteiger partial charge in [-0.05, 0) is 55.3 Å². The van der Waals surface area contributed by atoms with Crippen LogP contribution in [0.25, 0.3) is 22.1 Å². The first-order valence-electron chi connectivity index (χ1n) is 11.8. The molecular formula is C29H29NO8. The number of furan rings is 1. The normalized spacial score (nSPS) is 10.8. The third kappa shape index (κ3) is 4.47. The smallest absolute Gasteiger partial charge is 0.339 e. The van der Waals surface area contributed by atoms with Crippen molar-refractivity contribution in [3.63, 3.8) is 0 Å². The first kappa shape index (κ1) is 26.4. The summed E-state index contributed by atoms with van der Waals surface area (Å²) in [6, 6.07) is 11.9. The van der Waals surface area contributed by atoms with Crippen LogP contribution < -0.4 is 24.7 Å². The molecule has 198 valence electrons. The number of carbonyl (C=O) groups is 2. The predicted octanol–water partition coefficient (Wildman–Crippen LogP) is 5.43. The molecule has 0 saturated heterocycles. The molecule has 4 aromatic rings. The molecule has 0 aliphatic carbocycles. The van der Waals surface area contributed by atoms with E-state index in [-0.39, 0.29) is 23.6 Å². The number of ether oxygens (including phenoxy) is 5. The number of rotatable bonds is 9. The van der Waals surface area contributed by atoms with E-state index in [1.54, 1.807) is 39.2 Å². The molecule has 0 aliphatic heterocycles. The van der Waals surface area contributed by atoms with Crippen molar-refractivity contribution in [3.05, 3.63) is 64.9 Å². The van der Waals surface area contributed by atoms with Gasteiger partial charge in [0.1, 0.15) is 11.3 Å². The minimum absolute atomic E-state index is 0.0792. The van der Waals surface area contributed by atoms with Gasteiger partial charge in [0.25, 0.3) is 0 Å². The molecule has 9 heteroatoms. The van der Waals surface area contributed by atoms with Gasteiger partial charge in [0.2, 0.25) is 11.5 Å². The van der Waals surface area contributed by atoms with Gasteiger partial charge in [0.05, 0.1) is 51.7 Å². The SMILES string of the molecule is CCOC(=O)c1c(C)cc2oc(C(=O)c3cc(OC)c(OC)c(OC)c3)c(N)c2c1-c1ccc(OC)cc1. The van der Waals surface area contributed by atoms with Crippen molar-refractivity contribution in [1.29, 1.82) is 0 Å². The number of ketones is 1. The van der Waals surface area contributed by atoms with Crippen LogP contribution >= 0.6 is 0 Å². The molecule has 0 fully saturated rings. The second-order valence-corrected chi connectivity index (χ2v) is 8.35. The first-order chi connectivity index (χ1) is 18.3. The average molecular weight is 520 g/mol. The largest absolute Gasteiger partial charge is 0.497 e. The fourth-order valence-corrected chi connectivity index (χ4v) is 4.44. The number of esters is 1. The van der Waals surface area contributed by atoms with Gasteiger partial charge in [-0.1, -0.05) is 12.1 Å². The predicted molar refractivity (Wildman–Crippen MR) is 143 cm³/mol. The Kier molecular flexibility index (Phi) is 7.47. The summed E-state index contributed by atoms with van der Waals surface area (Å²) in [5.74, 6) is 0.539. The van der Waals surface area contributed by atoms with Crippen LogP contribution in [0.3, 0.4) is 0 Å². The number of carbonyl (C=O) groups excluding carboxylic acids is 2. The van der Waals surface area contributed by atoms with Crippen molar-refractivity contribution >= 4 is 28.4 Å². The molecular weight excluding hydrogens is 490 g/mol. The topological polar surface area (TPSA) is 119 Å². The molecule has 0 unspecified atom stereocenters. The van der Waals surface area contributed by atoms with E-state index in [1.807, 2.05) is 12.1 Å². The maximum Gasteiger partial charge on any atom is 0.339 e. The molecule has 0 amide bonds. The number of hydrogen-bond acceptors (Lipinski definition) is 9. The summed E-state index contributed by atoms with van der Waals surface area (Å²) >= 11 is 0. The number of benzene rings is 3. The standard InChI is InChI=1S/C29H29NO8/c1-7-37-29(32)22-15(2)12-19-24(23(22)16-8-10-18(33-3)11-9-16)25(30)28(38-19)26(31)17-13-20(34-4)27(36-6)21(14-17)35-5/h8-14H,7,30H2,1-6H3. The highest BCUT2D eigenvalue weighted by atomic mass is 16.5. The second kappa shape index (κ2) is 10.8. The third-order valence-electron chi connectivity index (χ3n) is 6.21. The molecule has 0 atom stereocenters. The number of hydrogen-bond donors (Lipinski definition) is 1. The van der Waals surface area contributed by atoms with E-state index in [2.05, 4.69) is 0 Å². The maximum absolute atomic E-state index is 13.7. The number of methoxy groups -OCH3 is 4. The highest BCUT2D eigenvalue weighted by molar-refractivity contribution is 6.19. The Labute approximate surface area is 220 Å². The van der Waals surface area contributed by atoms with Crippen LogP contribution in [0.2, 0.25) is 0 Å². The zero-order valence-electron chi connectivity index (χ0n) is 22.1. The van der Waals surface area contributed by atoms with Gasteiger partial charge >= 0.3 is 5.97 Å². The lowest BCUT2D eigenvalue weighted by Gasteiger charge is -2.14. The Morgan fingerprint density at radius 1 is 0.895 bits per heavy atom. The summed E-state index contributed by atoms with van der Waals surface area (Å²) < 4.78 is 32.8. The molecule has 3 aromatic carbocycles. The van der Waals surface area contributed by atoms with E-state index >= 15 is 0 Å². The lowest BCUT2D eigenvalue weighted by Crippen LogP contribution is -2.09. The van der Waals surface area contributed by atoms with Gasteiger partial charge in [-0.25, -0.2) is 4.79 Å². The molecule has 0 radical (unpaired) electrons. The van der Waals surface area contributed by atoms with E-state index in [1.165, 1.54) is 33.5 Å². The zero-order chi connectivity index (χ0) is 27.6. The molecule has 9 nitrogen and oxygen atoms in total. The van der Waals surface area contributed by atoms with Crippen molar-refractivity contribution in [2.75, 3.05) is 40.8 Å². The molecule has 38 heavy (non-hydrogen) atoms. The van der Waals surface area contributed by atoms with Crippen LogP contribution in [-0.4, -0.2) is 46.8 Å². The number of fused-ring (bicyclic) bond motifs is 1. The monoisotopic (exact) mass is 519 g/mol. The van der Waals surface area contributed by atoms with E-state index < -0.39 is 11.8 Å². The molecule has 2 N–H and O–H groups in total. The second-order valence-electron chi connectivity index (χ2n) is 8.35. The van der Waals surface area contributed by atoms with E-state index in [0.717, 1.165) is 0 Å². The van der Waals surface area contributed by atoms with Crippen LogP contribution in [0.1, 0.15) is 39.0 Å². The van der Waals surface area contributed by atoms with E-state index in [0.29, 0.717) is 56.2 Å². The van der Waals surface area contributed by atoms with E-state index in [4.69, 9.17) is 33.8 Å². The van der Waals surface area contributed by atoms with Gasteiger partial charge in [0.15, 0.2) is 17.3 Å². The Morgan fingerprint density at radius 3 is 2.05 bits per heavy atom. The molecule has 4 rings (SSSR count). The van der Waals surface area contributed by atoms with Gasteiger partial charge in [-0.3, -0.25) is 4.79 Å². The fourth-order valence-electron chi connectivity index (χ4n) is 4.44. The van der Waals surface area contributed by atoms with Crippen LogP contribution in [0.4, 0.5) is 5.69 Å². The molecule has 0 spiro atoms. The Bertz CT molecular complexity index is 1490. The van der Waals surface area contributed by atoms with Crippen LogP contribution in [-0.2, 0) is 4.74 Å². The van der Waals surface area contributed by atoms with Gasteiger partial charge in [0, 0.05) is 11.1 Å². The number of anilines is 1. The van der Waals surface area contributed by atoms with Crippen molar-refractivity contribution < 1.29 is 37.7 Å². The maximum atomic E-state index is 13.7. The van der Waals surface area contributed by atoms with Crippen LogP contribution in [0.5, 0.6) is 23.0 Å². The fraction of sp³-hybridized carbons (Fsp3) is 0.241. The number of nitrogen functional groups attached to an aromatic ring is 1. The highest BCUT2D eigenvalue weighted by Crippen LogP contribution is 2.43. The molecule has 0 aliphatic rings. The Balaban J connectivity index is 1.98.